The molecule has 1 fully saturated rings. The Morgan fingerprint density at radius 2 is 1.94 bits per heavy atom. The van der Waals surface area contributed by atoms with Crippen LogP contribution in [0.5, 0.6) is 11.5 Å². The molecule has 4 aliphatic rings. The Morgan fingerprint density at radius 1 is 1.14 bits per heavy atom. The molecule has 0 saturated carbocycles. The Balaban J connectivity index is 1.45. The summed E-state index contributed by atoms with van der Waals surface area (Å²) in [6.07, 6.45) is 4.91. The van der Waals surface area contributed by atoms with Gasteiger partial charge >= 0.3 is 5.69 Å². The van der Waals surface area contributed by atoms with Crippen LogP contribution < -0.4 is 9.47 Å². The van der Waals surface area contributed by atoms with Crippen molar-refractivity contribution in [1.29, 1.82) is 0 Å². The molecule has 1 saturated heterocycles. The second-order valence-electron chi connectivity index (χ2n) is 9.03. The molecule has 12 nitrogen and oxygen atoms in total. The number of benzene rings is 2. The van der Waals surface area contributed by atoms with Gasteiger partial charge in [0.05, 0.1) is 33.5 Å². The molecule has 1 aliphatic carbocycles. The van der Waals surface area contributed by atoms with E-state index in [9.17, 15) is 20.2 Å². The van der Waals surface area contributed by atoms with Gasteiger partial charge in [-0.25, -0.2) is 0 Å². The molecular weight excluding hydrogens is 458 g/mol. The highest BCUT2D eigenvalue weighted by Gasteiger charge is 2.59. The van der Waals surface area contributed by atoms with Gasteiger partial charge in [-0.05, 0) is 35.7 Å². The summed E-state index contributed by atoms with van der Waals surface area (Å²) < 4.78 is 16.9. The van der Waals surface area contributed by atoms with Crippen molar-refractivity contribution >= 4 is 17.1 Å². The van der Waals surface area contributed by atoms with Gasteiger partial charge in [-0.1, -0.05) is 12.2 Å². The number of nitro groups is 2. The molecular formula is C23H21N5O7. The molecule has 2 aromatic rings. The smallest absolute Gasteiger partial charge is 0.303 e. The van der Waals surface area contributed by atoms with E-state index in [1.165, 1.54) is 12.1 Å². The van der Waals surface area contributed by atoms with Crippen LogP contribution in [0, 0.1) is 20.2 Å². The van der Waals surface area contributed by atoms with Crippen molar-refractivity contribution in [1.82, 2.24) is 4.90 Å². The summed E-state index contributed by atoms with van der Waals surface area (Å²) in [6.45, 7) is 1.47. The van der Waals surface area contributed by atoms with Crippen LogP contribution in [0.4, 0.5) is 17.1 Å². The maximum absolute atomic E-state index is 11.6. The van der Waals surface area contributed by atoms with E-state index in [1.54, 1.807) is 7.11 Å². The Labute approximate surface area is 199 Å². The summed E-state index contributed by atoms with van der Waals surface area (Å²) in [5.41, 5.74) is 0.815. The number of methoxy groups -OCH3 is 1. The fourth-order valence-electron chi connectivity index (χ4n) is 5.81. The molecule has 35 heavy (non-hydrogen) atoms. The largest absolute Gasteiger partial charge is 0.454 e. The van der Waals surface area contributed by atoms with Gasteiger partial charge in [0, 0.05) is 32.3 Å². The van der Waals surface area contributed by atoms with Crippen molar-refractivity contribution < 1.29 is 24.1 Å². The summed E-state index contributed by atoms with van der Waals surface area (Å²) in [5.74, 6) is 1.40. The van der Waals surface area contributed by atoms with Crippen molar-refractivity contribution in [3.63, 3.8) is 0 Å². The molecule has 12 heteroatoms. The third kappa shape index (κ3) is 3.21. The number of ether oxygens (including phenoxy) is 3. The van der Waals surface area contributed by atoms with Gasteiger partial charge in [-0.2, -0.15) is 5.11 Å². The quantitative estimate of drug-likeness (QED) is 0.273. The van der Waals surface area contributed by atoms with Gasteiger partial charge in [0.15, 0.2) is 17.2 Å². The van der Waals surface area contributed by atoms with Crippen LogP contribution in [0.2, 0.25) is 0 Å². The minimum Gasteiger partial charge on any atom is -0.454 e. The Bertz CT molecular complexity index is 1310. The Morgan fingerprint density at radius 3 is 2.69 bits per heavy atom. The van der Waals surface area contributed by atoms with Gasteiger partial charge in [-0.15, -0.1) is 5.11 Å². The summed E-state index contributed by atoms with van der Waals surface area (Å²) in [5, 5.41) is 31.5. The van der Waals surface area contributed by atoms with E-state index in [0.717, 1.165) is 23.6 Å². The molecule has 0 radical (unpaired) electrons. The number of non-ortho nitro benzene ring substituents is 1. The average molecular weight is 479 g/mol. The topological polar surface area (TPSA) is 142 Å². The third-order valence-electron chi connectivity index (χ3n) is 7.41. The lowest BCUT2D eigenvalue weighted by Gasteiger charge is -2.46. The summed E-state index contributed by atoms with van der Waals surface area (Å²) in [7, 11) is 1.68. The molecule has 2 bridgehead atoms. The van der Waals surface area contributed by atoms with Crippen molar-refractivity contribution in [2.75, 3.05) is 20.4 Å². The number of nitro benzene ring substituents is 2. The molecule has 0 aromatic heterocycles. The number of fused-ring (bicyclic) bond motifs is 2. The Hall–Kier alpha value is -3.90. The SMILES string of the molecule is COC1C=CC23c4cc5c(cc4CN(CC2N=Nc2ccc([N+](=O)[O-])cc2[N+](=O)[O-])C3C1)OCO5. The first-order valence-corrected chi connectivity index (χ1v) is 11.1. The molecule has 5 unspecified atom stereocenters. The Kier molecular flexibility index (Phi) is 4.83. The van der Waals surface area contributed by atoms with Gasteiger partial charge < -0.3 is 14.2 Å². The van der Waals surface area contributed by atoms with Crippen LogP contribution >= 0.6 is 0 Å². The summed E-state index contributed by atoms with van der Waals surface area (Å²) in [6, 6.07) is 7.16. The molecule has 0 spiro atoms. The zero-order valence-corrected chi connectivity index (χ0v) is 18.7. The number of nitrogens with zero attached hydrogens (tertiary/aromatic N) is 5. The number of hydrogen-bond donors (Lipinski definition) is 0. The van der Waals surface area contributed by atoms with E-state index in [2.05, 4.69) is 21.2 Å². The summed E-state index contributed by atoms with van der Waals surface area (Å²) in [4.78, 5) is 23.6. The minimum atomic E-state index is -0.682. The van der Waals surface area contributed by atoms with Gasteiger partial charge in [0.2, 0.25) is 6.79 Å². The van der Waals surface area contributed by atoms with Gasteiger partial charge in [0.1, 0.15) is 0 Å². The molecule has 3 heterocycles. The van der Waals surface area contributed by atoms with Crippen molar-refractivity contribution in [3.8, 4) is 11.5 Å². The predicted molar refractivity (Wildman–Crippen MR) is 121 cm³/mol. The first kappa shape index (κ1) is 21.6. The van der Waals surface area contributed by atoms with Crippen LogP contribution in [0.25, 0.3) is 0 Å². The predicted octanol–water partition coefficient (Wildman–Crippen LogP) is 3.79. The van der Waals surface area contributed by atoms with Crippen LogP contribution in [-0.4, -0.2) is 53.4 Å². The van der Waals surface area contributed by atoms with Crippen molar-refractivity contribution in [2.24, 2.45) is 10.2 Å². The highest BCUT2D eigenvalue weighted by atomic mass is 16.7. The first-order chi connectivity index (χ1) is 16.9. The lowest BCUT2D eigenvalue weighted by Crippen LogP contribution is -2.51. The molecule has 6 rings (SSSR count). The summed E-state index contributed by atoms with van der Waals surface area (Å²) >= 11 is 0. The minimum absolute atomic E-state index is 0.0227. The second kappa shape index (κ2) is 7.82. The highest BCUT2D eigenvalue weighted by Crippen LogP contribution is 2.54. The van der Waals surface area contributed by atoms with Gasteiger partial charge in [-0.3, -0.25) is 25.1 Å². The lowest BCUT2D eigenvalue weighted by molar-refractivity contribution is -0.393. The lowest BCUT2D eigenvalue weighted by atomic mass is 9.64. The molecule has 2 aromatic carbocycles. The van der Waals surface area contributed by atoms with E-state index < -0.39 is 20.9 Å². The van der Waals surface area contributed by atoms with E-state index in [0.29, 0.717) is 24.6 Å². The highest BCUT2D eigenvalue weighted by molar-refractivity contribution is 5.62. The molecule has 180 valence electrons. The number of hydrogen-bond acceptors (Lipinski definition) is 10. The van der Waals surface area contributed by atoms with E-state index in [-0.39, 0.29) is 36.4 Å². The molecule has 3 aliphatic heterocycles. The van der Waals surface area contributed by atoms with Gasteiger partial charge in [0.25, 0.3) is 5.69 Å². The maximum atomic E-state index is 11.6. The normalized spacial score (nSPS) is 29.7. The second-order valence-corrected chi connectivity index (χ2v) is 9.03. The zero-order chi connectivity index (χ0) is 24.3. The van der Waals surface area contributed by atoms with Crippen LogP contribution in [0.15, 0.2) is 52.7 Å². The number of azo groups is 1. The zero-order valence-electron chi connectivity index (χ0n) is 18.7. The van der Waals surface area contributed by atoms with E-state index in [1.807, 2.05) is 18.2 Å². The molecule has 0 N–H and O–H groups in total. The fourth-order valence-corrected chi connectivity index (χ4v) is 5.81. The molecule has 0 amide bonds. The fraction of sp³-hybridized carbons (Fsp3) is 0.391. The molecule has 5 atom stereocenters. The van der Waals surface area contributed by atoms with Crippen LogP contribution in [-0.2, 0) is 16.7 Å². The van der Waals surface area contributed by atoms with E-state index in [4.69, 9.17) is 14.2 Å². The van der Waals surface area contributed by atoms with Crippen LogP contribution in [0.3, 0.4) is 0 Å². The first-order valence-electron chi connectivity index (χ1n) is 11.1. The maximum Gasteiger partial charge on any atom is 0.303 e. The van der Waals surface area contributed by atoms with E-state index >= 15 is 0 Å². The average Bonchev–Trinajstić information content (AvgIpc) is 3.40. The number of rotatable bonds is 5. The third-order valence-corrected chi connectivity index (χ3v) is 7.41. The van der Waals surface area contributed by atoms with Crippen molar-refractivity contribution in [2.45, 2.75) is 36.6 Å². The van der Waals surface area contributed by atoms with Crippen molar-refractivity contribution in [3.05, 3.63) is 73.8 Å². The standard InChI is InChI=1S/C23H21N5O7/c1-33-15-4-5-23-16-9-20-19(34-12-35-20)6-13(16)10-26(22(23)8-15)11-21(23)25-24-17-3-2-14(27(29)30)7-18(17)28(31)32/h2-7,9,15,21-22H,8,10-12H2,1H3. The monoisotopic (exact) mass is 479 g/mol. The van der Waals surface area contributed by atoms with Crippen LogP contribution in [0.1, 0.15) is 17.5 Å².